The molecular weight excluding hydrogens is 320 g/mol. The van der Waals surface area contributed by atoms with Gasteiger partial charge in [-0.05, 0) is 17.2 Å². The summed E-state index contributed by atoms with van der Waals surface area (Å²) in [5.41, 5.74) is 13.4. The number of aromatic nitrogens is 4. The van der Waals surface area contributed by atoms with Crippen molar-refractivity contribution in [1.29, 1.82) is 0 Å². The molecule has 128 valence electrons. The van der Waals surface area contributed by atoms with Gasteiger partial charge in [0, 0.05) is 25.1 Å². The van der Waals surface area contributed by atoms with Gasteiger partial charge in [0.2, 0.25) is 0 Å². The maximum Gasteiger partial charge on any atom is 0.252 e. The van der Waals surface area contributed by atoms with Crippen LogP contribution in [0.3, 0.4) is 0 Å². The summed E-state index contributed by atoms with van der Waals surface area (Å²) in [7, 11) is 0. The number of carbonyl (C=O) groups is 1. The number of amides is 1. The van der Waals surface area contributed by atoms with Crippen LogP contribution in [0.15, 0.2) is 48.9 Å². The predicted molar refractivity (Wildman–Crippen MR) is 90.9 cm³/mol. The van der Waals surface area contributed by atoms with Gasteiger partial charge in [0.15, 0.2) is 0 Å². The highest BCUT2D eigenvalue weighted by molar-refractivity contribution is 5.94. The van der Waals surface area contributed by atoms with Gasteiger partial charge >= 0.3 is 0 Å². The van der Waals surface area contributed by atoms with Crippen LogP contribution in [0.4, 0.5) is 0 Å². The summed E-state index contributed by atoms with van der Waals surface area (Å²) in [6.07, 6.45) is 4.64. The molecule has 2 aromatic heterocycles. The number of rotatable bonds is 6. The SMILES string of the molecule is NCc1ccc([C@H](CO)c2nc(-n3cccn3)ncc2C(N)=O)cc1. The van der Waals surface area contributed by atoms with Gasteiger partial charge in [0.25, 0.3) is 11.9 Å². The van der Waals surface area contributed by atoms with Crippen LogP contribution in [0.2, 0.25) is 0 Å². The lowest BCUT2D eigenvalue weighted by Crippen LogP contribution is -2.21. The molecule has 3 rings (SSSR count). The molecule has 0 aliphatic rings. The van der Waals surface area contributed by atoms with Crippen molar-refractivity contribution in [2.75, 3.05) is 6.61 Å². The van der Waals surface area contributed by atoms with Crippen molar-refractivity contribution in [2.24, 2.45) is 11.5 Å². The Morgan fingerprint density at radius 1 is 1.28 bits per heavy atom. The van der Waals surface area contributed by atoms with Gasteiger partial charge < -0.3 is 16.6 Å². The Balaban J connectivity index is 2.10. The number of hydrogen-bond acceptors (Lipinski definition) is 6. The number of nitrogens with two attached hydrogens (primary N) is 2. The zero-order valence-corrected chi connectivity index (χ0v) is 13.4. The molecule has 2 heterocycles. The van der Waals surface area contributed by atoms with E-state index in [1.807, 2.05) is 24.3 Å². The summed E-state index contributed by atoms with van der Waals surface area (Å²) in [5, 5.41) is 14.0. The number of carbonyl (C=O) groups excluding carboxylic acids is 1. The minimum atomic E-state index is -0.654. The molecular formula is C17H18N6O2. The van der Waals surface area contributed by atoms with Crippen LogP contribution in [-0.4, -0.2) is 37.4 Å². The van der Waals surface area contributed by atoms with Gasteiger partial charge in [-0.15, -0.1) is 0 Å². The monoisotopic (exact) mass is 338 g/mol. The number of aliphatic hydroxyl groups excluding tert-OH is 1. The topological polar surface area (TPSA) is 133 Å². The van der Waals surface area contributed by atoms with Crippen LogP contribution in [0, 0.1) is 0 Å². The Kier molecular flexibility index (Phi) is 4.82. The van der Waals surface area contributed by atoms with Gasteiger partial charge in [-0.2, -0.15) is 5.10 Å². The summed E-state index contributed by atoms with van der Waals surface area (Å²) < 4.78 is 1.47. The van der Waals surface area contributed by atoms with E-state index in [-0.39, 0.29) is 12.2 Å². The van der Waals surface area contributed by atoms with Crippen LogP contribution in [0.5, 0.6) is 0 Å². The lowest BCUT2D eigenvalue weighted by Gasteiger charge is -2.17. The van der Waals surface area contributed by atoms with Crippen LogP contribution in [-0.2, 0) is 6.54 Å². The first kappa shape index (κ1) is 16.7. The second-order valence-corrected chi connectivity index (χ2v) is 5.46. The zero-order chi connectivity index (χ0) is 17.8. The van der Waals surface area contributed by atoms with Crippen molar-refractivity contribution < 1.29 is 9.90 Å². The van der Waals surface area contributed by atoms with Gasteiger partial charge in [-0.1, -0.05) is 24.3 Å². The maximum absolute atomic E-state index is 11.8. The highest BCUT2D eigenvalue weighted by Gasteiger charge is 2.23. The summed E-state index contributed by atoms with van der Waals surface area (Å²) in [4.78, 5) is 20.4. The zero-order valence-electron chi connectivity index (χ0n) is 13.4. The third kappa shape index (κ3) is 3.39. The van der Waals surface area contributed by atoms with Crippen molar-refractivity contribution >= 4 is 5.91 Å². The number of benzene rings is 1. The van der Waals surface area contributed by atoms with Gasteiger partial charge in [-0.25, -0.2) is 14.6 Å². The lowest BCUT2D eigenvalue weighted by atomic mass is 9.92. The Morgan fingerprint density at radius 2 is 2.04 bits per heavy atom. The first-order valence-electron chi connectivity index (χ1n) is 7.70. The molecule has 0 unspecified atom stereocenters. The van der Waals surface area contributed by atoms with Crippen LogP contribution >= 0.6 is 0 Å². The molecule has 0 aliphatic carbocycles. The Hall–Kier alpha value is -3.10. The molecule has 0 aliphatic heterocycles. The predicted octanol–water partition coefficient (Wildman–Crippen LogP) is 0.344. The Labute approximate surface area is 144 Å². The second-order valence-electron chi connectivity index (χ2n) is 5.46. The van der Waals surface area contributed by atoms with Crippen LogP contribution < -0.4 is 11.5 Å². The molecule has 0 spiro atoms. The molecule has 8 heteroatoms. The third-order valence-corrected chi connectivity index (χ3v) is 3.91. The van der Waals surface area contributed by atoms with Crippen molar-refractivity contribution in [3.8, 4) is 5.95 Å². The minimum Gasteiger partial charge on any atom is -0.395 e. The Bertz CT molecular complexity index is 861. The van der Waals surface area contributed by atoms with E-state index in [1.165, 1.54) is 10.9 Å². The smallest absolute Gasteiger partial charge is 0.252 e. The molecule has 0 bridgehead atoms. The maximum atomic E-state index is 11.8. The third-order valence-electron chi connectivity index (χ3n) is 3.91. The highest BCUT2D eigenvalue weighted by Crippen LogP contribution is 2.26. The Morgan fingerprint density at radius 3 is 2.60 bits per heavy atom. The van der Waals surface area contributed by atoms with E-state index in [0.29, 0.717) is 18.2 Å². The quantitative estimate of drug-likeness (QED) is 0.594. The fourth-order valence-electron chi connectivity index (χ4n) is 2.57. The summed E-state index contributed by atoms with van der Waals surface area (Å²) in [5.74, 6) is -0.882. The van der Waals surface area contributed by atoms with Crippen molar-refractivity contribution in [2.45, 2.75) is 12.5 Å². The molecule has 3 aromatic rings. The van der Waals surface area contributed by atoms with E-state index in [4.69, 9.17) is 11.5 Å². The number of hydrogen-bond donors (Lipinski definition) is 3. The fourth-order valence-corrected chi connectivity index (χ4v) is 2.57. The summed E-state index contributed by atoms with van der Waals surface area (Å²) in [6.45, 7) is 0.186. The molecule has 1 amide bonds. The number of nitrogens with zero attached hydrogens (tertiary/aromatic N) is 4. The largest absolute Gasteiger partial charge is 0.395 e. The summed E-state index contributed by atoms with van der Waals surface area (Å²) >= 11 is 0. The molecule has 1 atom stereocenters. The number of primary amides is 1. The first-order valence-corrected chi connectivity index (χ1v) is 7.70. The molecule has 25 heavy (non-hydrogen) atoms. The molecule has 0 fully saturated rings. The first-order chi connectivity index (χ1) is 12.1. The molecule has 0 radical (unpaired) electrons. The standard InChI is InChI=1S/C17H18N6O2/c18-8-11-2-4-12(5-3-11)14(10-24)15-13(16(19)25)9-20-17(22-15)23-7-1-6-21-23/h1-7,9,14,24H,8,10,18H2,(H2,19,25)/t14-/m0/s1. The summed E-state index contributed by atoms with van der Waals surface area (Å²) in [6, 6.07) is 9.18. The van der Waals surface area contributed by atoms with Crippen molar-refractivity contribution in [3.63, 3.8) is 0 Å². The molecule has 8 nitrogen and oxygen atoms in total. The van der Waals surface area contributed by atoms with E-state index >= 15 is 0 Å². The van der Waals surface area contributed by atoms with E-state index in [0.717, 1.165) is 11.1 Å². The van der Waals surface area contributed by atoms with Crippen LogP contribution in [0.25, 0.3) is 5.95 Å². The van der Waals surface area contributed by atoms with E-state index in [2.05, 4.69) is 15.1 Å². The molecule has 1 aromatic carbocycles. The van der Waals surface area contributed by atoms with E-state index in [1.54, 1.807) is 18.5 Å². The van der Waals surface area contributed by atoms with Crippen LogP contribution in [0.1, 0.15) is 33.1 Å². The van der Waals surface area contributed by atoms with Gasteiger partial charge in [0.05, 0.1) is 23.8 Å². The average molecular weight is 338 g/mol. The normalized spacial score (nSPS) is 12.1. The molecule has 5 N–H and O–H groups in total. The van der Waals surface area contributed by atoms with Gasteiger partial charge in [0.1, 0.15) is 0 Å². The van der Waals surface area contributed by atoms with Crippen molar-refractivity contribution in [1.82, 2.24) is 19.7 Å². The van der Waals surface area contributed by atoms with E-state index < -0.39 is 11.8 Å². The lowest BCUT2D eigenvalue weighted by molar-refractivity contribution is 0.0998. The minimum absolute atomic E-state index is 0.165. The molecule has 0 saturated heterocycles. The van der Waals surface area contributed by atoms with Crippen molar-refractivity contribution in [3.05, 3.63) is 71.3 Å². The number of aliphatic hydroxyl groups is 1. The fraction of sp³-hybridized carbons (Fsp3) is 0.176. The molecule has 0 saturated carbocycles. The highest BCUT2D eigenvalue weighted by atomic mass is 16.3. The second kappa shape index (κ2) is 7.20. The van der Waals surface area contributed by atoms with E-state index in [9.17, 15) is 9.90 Å². The van der Waals surface area contributed by atoms with Gasteiger partial charge in [-0.3, -0.25) is 4.79 Å². The average Bonchev–Trinajstić information content (AvgIpc) is 3.17.